The number of carbonyl (C=O) groups excluding carboxylic acids is 2. The van der Waals surface area contributed by atoms with Crippen molar-refractivity contribution in [3.8, 4) is 11.5 Å². The summed E-state index contributed by atoms with van der Waals surface area (Å²) in [5, 5.41) is 9.87. The van der Waals surface area contributed by atoms with Gasteiger partial charge in [-0.05, 0) is 55.9 Å². The highest BCUT2D eigenvalue weighted by atomic mass is 16.5. The fourth-order valence-corrected chi connectivity index (χ4v) is 3.50. The third kappa shape index (κ3) is 7.38. The molecule has 9 heteroatoms. The third-order valence-electron chi connectivity index (χ3n) is 5.87. The Labute approximate surface area is 206 Å². The quantitative estimate of drug-likeness (QED) is 0.434. The molecule has 3 aromatic rings. The molecule has 0 aliphatic heterocycles. The van der Waals surface area contributed by atoms with Gasteiger partial charge in [0.2, 0.25) is 0 Å². The molecule has 2 N–H and O–H groups in total. The van der Waals surface area contributed by atoms with Gasteiger partial charge >= 0.3 is 6.03 Å². The Kier molecular flexibility index (Phi) is 9.37. The largest absolute Gasteiger partial charge is 0.351 e. The van der Waals surface area contributed by atoms with E-state index in [1.807, 2.05) is 31.2 Å². The summed E-state index contributed by atoms with van der Waals surface area (Å²) in [4.78, 5) is 33.1. The van der Waals surface area contributed by atoms with Crippen LogP contribution in [0.25, 0.3) is 11.5 Å². The number of carbonyl (C=O) groups is 2. The van der Waals surface area contributed by atoms with Crippen molar-refractivity contribution in [1.82, 2.24) is 25.3 Å². The van der Waals surface area contributed by atoms with Gasteiger partial charge < -0.3 is 25.0 Å². The van der Waals surface area contributed by atoms with Crippen molar-refractivity contribution in [2.75, 3.05) is 45.1 Å². The van der Waals surface area contributed by atoms with E-state index in [1.54, 1.807) is 36.2 Å². The zero-order valence-corrected chi connectivity index (χ0v) is 20.9. The number of benzene rings is 2. The second-order valence-electron chi connectivity index (χ2n) is 8.29. The highest BCUT2D eigenvalue weighted by Crippen LogP contribution is 2.18. The number of amides is 3. The van der Waals surface area contributed by atoms with Crippen LogP contribution in [-0.2, 0) is 6.42 Å². The summed E-state index contributed by atoms with van der Waals surface area (Å²) in [6.45, 7) is 9.95. The van der Waals surface area contributed by atoms with E-state index < -0.39 is 0 Å². The smallest absolute Gasteiger partial charge is 0.321 e. The van der Waals surface area contributed by atoms with Crippen LogP contribution in [0, 0.1) is 6.92 Å². The number of nitrogens with one attached hydrogen (secondary N) is 2. The Bertz CT molecular complexity index is 1110. The van der Waals surface area contributed by atoms with Crippen molar-refractivity contribution in [2.45, 2.75) is 27.2 Å². The molecular formula is C26H34N6O3. The Morgan fingerprint density at radius 2 is 1.71 bits per heavy atom. The average Bonchev–Trinajstić information content (AvgIpc) is 3.35. The first-order valence-electron chi connectivity index (χ1n) is 11.9. The minimum atomic E-state index is -0.200. The van der Waals surface area contributed by atoms with Gasteiger partial charge in [-0.2, -0.15) is 4.98 Å². The number of hydrogen-bond donors (Lipinski definition) is 2. The molecule has 0 aliphatic carbocycles. The molecule has 0 atom stereocenters. The van der Waals surface area contributed by atoms with Gasteiger partial charge in [-0.1, -0.05) is 37.2 Å². The molecule has 1 heterocycles. The number of urea groups is 1. The normalized spacial score (nSPS) is 10.9. The van der Waals surface area contributed by atoms with Crippen molar-refractivity contribution < 1.29 is 14.1 Å². The predicted molar refractivity (Wildman–Crippen MR) is 136 cm³/mol. The Morgan fingerprint density at radius 1 is 1.00 bits per heavy atom. The molecule has 0 unspecified atom stereocenters. The van der Waals surface area contributed by atoms with Crippen LogP contribution in [0.4, 0.5) is 10.5 Å². The first-order valence-corrected chi connectivity index (χ1v) is 11.9. The highest BCUT2D eigenvalue weighted by Gasteiger charge is 2.14. The number of nitrogens with zero attached hydrogens (tertiary/aromatic N) is 4. The molecule has 0 aliphatic rings. The molecule has 2 aromatic carbocycles. The topological polar surface area (TPSA) is 104 Å². The molecule has 3 amide bonds. The maximum atomic E-state index is 12.4. The summed E-state index contributed by atoms with van der Waals surface area (Å²) in [5.74, 6) is 0.774. The monoisotopic (exact) mass is 478 g/mol. The number of anilines is 1. The molecule has 1 aromatic heterocycles. The Balaban J connectivity index is 1.49. The zero-order chi connectivity index (χ0) is 25.2. The van der Waals surface area contributed by atoms with Crippen LogP contribution in [0.1, 0.15) is 35.6 Å². The molecule has 35 heavy (non-hydrogen) atoms. The maximum absolute atomic E-state index is 12.4. The lowest BCUT2D eigenvalue weighted by Crippen LogP contribution is -2.34. The van der Waals surface area contributed by atoms with Crippen LogP contribution in [-0.4, -0.2) is 71.7 Å². The molecule has 0 radical (unpaired) electrons. The number of aryl methyl sites for hydroxylation is 1. The van der Waals surface area contributed by atoms with E-state index in [9.17, 15) is 9.59 Å². The zero-order valence-electron chi connectivity index (χ0n) is 20.9. The molecule has 0 saturated carbocycles. The lowest BCUT2D eigenvalue weighted by molar-refractivity contribution is 0.0949. The van der Waals surface area contributed by atoms with Gasteiger partial charge in [0.1, 0.15) is 0 Å². The minimum Gasteiger partial charge on any atom is -0.351 e. The van der Waals surface area contributed by atoms with Gasteiger partial charge in [0.05, 0.1) is 0 Å². The number of para-hydroxylation sites is 1. The second-order valence-corrected chi connectivity index (χ2v) is 8.29. The summed E-state index contributed by atoms with van der Waals surface area (Å²) < 4.78 is 5.38. The van der Waals surface area contributed by atoms with Gasteiger partial charge in [-0.3, -0.25) is 4.79 Å². The van der Waals surface area contributed by atoms with Crippen LogP contribution in [0.2, 0.25) is 0 Å². The second kappa shape index (κ2) is 12.7. The standard InChI is InChI=1S/C26H34N6O3/c1-5-32(6-2)18-16-27-24(33)20-11-13-21(14-12-20)25-29-23(30-35-25)15-17-31(4)26(34)28-22-10-8-7-9-19(22)3/h7-14H,5-6,15-18H2,1-4H3,(H,27,33)(H,28,34). The molecule has 0 bridgehead atoms. The van der Waals surface area contributed by atoms with Gasteiger partial charge in [0.15, 0.2) is 5.82 Å². The van der Waals surface area contributed by atoms with Crippen molar-refractivity contribution in [2.24, 2.45) is 0 Å². The van der Waals surface area contributed by atoms with E-state index in [1.165, 1.54) is 0 Å². The van der Waals surface area contributed by atoms with Gasteiger partial charge in [-0.15, -0.1) is 0 Å². The molecule has 9 nitrogen and oxygen atoms in total. The third-order valence-corrected chi connectivity index (χ3v) is 5.87. The summed E-state index contributed by atoms with van der Waals surface area (Å²) in [7, 11) is 1.72. The van der Waals surface area contributed by atoms with Crippen molar-refractivity contribution >= 4 is 17.6 Å². The fourth-order valence-electron chi connectivity index (χ4n) is 3.50. The molecule has 0 spiro atoms. The predicted octanol–water partition coefficient (Wildman–Crippen LogP) is 3.82. The maximum Gasteiger partial charge on any atom is 0.321 e. The van der Waals surface area contributed by atoms with Gasteiger partial charge in [0.25, 0.3) is 11.8 Å². The molecular weight excluding hydrogens is 444 g/mol. The highest BCUT2D eigenvalue weighted by molar-refractivity contribution is 5.94. The SMILES string of the molecule is CCN(CC)CCNC(=O)c1ccc(-c2nc(CCN(C)C(=O)Nc3ccccc3C)no2)cc1. The molecule has 0 saturated heterocycles. The van der Waals surface area contributed by atoms with Crippen LogP contribution in [0.3, 0.4) is 0 Å². The molecule has 3 rings (SSSR count). The van der Waals surface area contributed by atoms with E-state index in [4.69, 9.17) is 4.52 Å². The van der Waals surface area contributed by atoms with Crippen LogP contribution < -0.4 is 10.6 Å². The lowest BCUT2D eigenvalue weighted by Gasteiger charge is -2.18. The van der Waals surface area contributed by atoms with Crippen molar-refractivity contribution in [1.29, 1.82) is 0 Å². The van der Waals surface area contributed by atoms with E-state index in [2.05, 4.69) is 39.5 Å². The summed E-state index contributed by atoms with van der Waals surface area (Å²) in [5.41, 5.74) is 3.09. The van der Waals surface area contributed by atoms with Gasteiger partial charge in [-0.25, -0.2) is 4.79 Å². The van der Waals surface area contributed by atoms with E-state index in [0.717, 1.165) is 36.4 Å². The van der Waals surface area contributed by atoms with Gasteiger partial charge in [0, 0.05) is 49.9 Å². The van der Waals surface area contributed by atoms with Crippen molar-refractivity contribution in [3.63, 3.8) is 0 Å². The Morgan fingerprint density at radius 3 is 2.40 bits per heavy atom. The number of likely N-dealkylation sites (N-methyl/N-ethyl adjacent to an activating group) is 2. The van der Waals surface area contributed by atoms with E-state index in [0.29, 0.717) is 36.8 Å². The number of aromatic nitrogens is 2. The minimum absolute atomic E-state index is 0.109. The van der Waals surface area contributed by atoms with Crippen LogP contribution in [0.15, 0.2) is 53.1 Å². The Hall–Kier alpha value is -3.72. The lowest BCUT2D eigenvalue weighted by atomic mass is 10.1. The fraction of sp³-hybridized carbons (Fsp3) is 0.385. The first-order chi connectivity index (χ1) is 16.9. The number of hydrogen-bond acceptors (Lipinski definition) is 6. The molecule has 186 valence electrons. The molecule has 0 fully saturated rings. The number of rotatable bonds is 11. The van der Waals surface area contributed by atoms with Crippen LogP contribution in [0.5, 0.6) is 0 Å². The summed E-state index contributed by atoms with van der Waals surface area (Å²) >= 11 is 0. The van der Waals surface area contributed by atoms with Crippen LogP contribution >= 0.6 is 0 Å². The first kappa shape index (κ1) is 25.9. The summed E-state index contributed by atoms with van der Waals surface area (Å²) in [6.07, 6.45) is 0.453. The van der Waals surface area contributed by atoms with E-state index >= 15 is 0 Å². The van der Waals surface area contributed by atoms with E-state index in [-0.39, 0.29) is 11.9 Å². The summed E-state index contributed by atoms with van der Waals surface area (Å²) in [6, 6.07) is 14.5. The van der Waals surface area contributed by atoms with Crippen molar-refractivity contribution in [3.05, 3.63) is 65.5 Å². The average molecular weight is 479 g/mol.